The fourth-order valence-corrected chi connectivity index (χ4v) is 6.59. The summed E-state index contributed by atoms with van der Waals surface area (Å²) >= 11 is 3.80. The van der Waals surface area contributed by atoms with Gasteiger partial charge in [-0.1, -0.05) is 91.0 Å². The minimum atomic E-state index is 0.878. The van der Waals surface area contributed by atoms with Crippen molar-refractivity contribution in [1.82, 2.24) is 0 Å². The SMILES string of the molecule is [c]1c(-c2cccc(SCc3ccccc3)c2SCc2ccccc2)ccc2oc3ccccc3c12. The fourth-order valence-electron chi connectivity index (χ4n) is 4.26. The van der Waals surface area contributed by atoms with Crippen LogP contribution in [0.25, 0.3) is 33.1 Å². The third kappa shape index (κ3) is 4.75. The number of furan rings is 1. The van der Waals surface area contributed by atoms with E-state index in [1.165, 1.54) is 26.5 Å². The van der Waals surface area contributed by atoms with Gasteiger partial charge in [0, 0.05) is 38.1 Å². The van der Waals surface area contributed by atoms with Gasteiger partial charge in [-0.15, -0.1) is 23.5 Å². The lowest BCUT2D eigenvalue weighted by Crippen LogP contribution is -1.89. The smallest absolute Gasteiger partial charge is 0.136 e. The number of hydrogen-bond acceptors (Lipinski definition) is 3. The molecule has 0 bridgehead atoms. The van der Waals surface area contributed by atoms with Crippen LogP contribution >= 0.6 is 23.5 Å². The second-order valence-corrected chi connectivity index (χ2v) is 10.4. The first-order chi connectivity index (χ1) is 17.3. The van der Waals surface area contributed by atoms with Crippen LogP contribution in [0.2, 0.25) is 0 Å². The van der Waals surface area contributed by atoms with Gasteiger partial charge >= 0.3 is 0 Å². The second-order valence-electron chi connectivity index (χ2n) is 8.39. The van der Waals surface area contributed by atoms with Crippen molar-refractivity contribution in [3.8, 4) is 11.1 Å². The quantitative estimate of drug-likeness (QED) is 0.208. The Morgan fingerprint density at radius 3 is 2.03 bits per heavy atom. The van der Waals surface area contributed by atoms with Crippen molar-refractivity contribution in [3.63, 3.8) is 0 Å². The molecule has 1 radical (unpaired) electrons. The van der Waals surface area contributed by atoms with Crippen LogP contribution in [0.3, 0.4) is 0 Å². The van der Waals surface area contributed by atoms with E-state index in [1.807, 2.05) is 35.7 Å². The van der Waals surface area contributed by atoms with E-state index in [0.717, 1.165) is 39.0 Å². The lowest BCUT2D eigenvalue weighted by Gasteiger charge is -2.15. The number of benzene rings is 5. The minimum absolute atomic E-state index is 0.878. The van der Waals surface area contributed by atoms with Crippen molar-refractivity contribution in [2.24, 2.45) is 0 Å². The number of hydrogen-bond donors (Lipinski definition) is 0. The van der Waals surface area contributed by atoms with Crippen LogP contribution in [-0.4, -0.2) is 0 Å². The van der Waals surface area contributed by atoms with E-state index in [9.17, 15) is 0 Å². The summed E-state index contributed by atoms with van der Waals surface area (Å²) in [7, 11) is 0. The Hall–Kier alpha value is -3.40. The van der Waals surface area contributed by atoms with Crippen molar-refractivity contribution in [2.75, 3.05) is 0 Å². The first kappa shape index (κ1) is 22.1. The standard InChI is InChI=1S/C32H23OS2/c1-3-10-23(11-4-1)21-34-31-17-9-15-26(32(31)35-22-24-12-5-2-6-13-24)25-18-19-30-28(20-25)27-14-7-8-16-29(27)33-30/h1-19H,21-22H2. The fraction of sp³-hybridized carbons (Fsp3) is 0.0625. The number of rotatable bonds is 7. The molecule has 0 atom stereocenters. The molecule has 1 heterocycles. The van der Waals surface area contributed by atoms with Gasteiger partial charge in [-0.25, -0.2) is 0 Å². The van der Waals surface area contributed by atoms with Crippen molar-refractivity contribution >= 4 is 45.5 Å². The highest BCUT2D eigenvalue weighted by Gasteiger charge is 2.15. The number of thioether (sulfide) groups is 2. The van der Waals surface area contributed by atoms with Gasteiger partial charge in [0.25, 0.3) is 0 Å². The van der Waals surface area contributed by atoms with Crippen LogP contribution in [0.1, 0.15) is 11.1 Å². The molecule has 1 aromatic heterocycles. The Morgan fingerprint density at radius 2 is 1.26 bits per heavy atom. The molecule has 35 heavy (non-hydrogen) atoms. The highest BCUT2D eigenvalue weighted by atomic mass is 32.2. The maximum absolute atomic E-state index is 6.05. The zero-order chi connectivity index (χ0) is 23.5. The highest BCUT2D eigenvalue weighted by Crippen LogP contribution is 2.42. The Morgan fingerprint density at radius 1 is 0.571 bits per heavy atom. The van der Waals surface area contributed by atoms with E-state index >= 15 is 0 Å². The summed E-state index contributed by atoms with van der Waals surface area (Å²) in [6, 6.07) is 44.1. The molecule has 6 aromatic rings. The molecule has 0 fully saturated rings. The van der Waals surface area contributed by atoms with E-state index < -0.39 is 0 Å². The molecule has 5 aromatic carbocycles. The number of fused-ring (bicyclic) bond motifs is 3. The Kier molecular flexibility index (Phi) is 6.35. The largest absolute Gasteiger partial charge is 0.456 e. The van der Waals surface area contributed by atoms with Crippen LogP contribution in [0.15, 0.2) is 129 Å². The predicted molar refractivity (Wildman–Crippen MR) is 150 cm³/mol. The van der Waals surface area contributed by atoms with Gasteiger partial charge in [0.05, 0.1) is 0 Å². The number of para-hydroxylation sites is 1. The summed E-state index contributed by atoms with van der Waals surface area (Å²) in [6.07, 6.45) is 0. The molecule has 0 saturated heterocycles. The van der Waals surface area contributed by atoms with Crippen molar-refractivity contribution < 1.29 is 4.42 Å². The molecule has 0 aliphatic rings. The highest BCUT2D eigenvalue weighted by molar-refractivity contribution is 8.01. The summed E-state index contributed by atoms with van der Waals surface area (Å²) < 4.78 is 6.05. The van der Waals surface area contributed by atoms with Gasteiger partial charge in [0.2, 0.25) is 0 Å². The first-order valence-electron chi connectivity index (χ1n) is 11.7. The maximum atomic E-state index is 6.05. The monoisotopic (exact) mass is 487 g/mol. The van der Waals surface area contributed by atoms with Gasteiger partial charge in [-0.05, 0) is 46.5 Å². The molecular formula is C32H23OS2. The average Bonchev–Trinajstić information content (AvgIpc) is 3.30. The lowest BCUT2D eigenvalue weighted by atomic mass is 10.0. The molecular weight excluding hydrogens is 464 g/mol. The Labute approximate surface area is 214 Å². The molecule has 0 aliphatic carbocycles. The van der Waals surface area contributed by atoms with E-state index in [1.54, 1.807) is 0 Å². The summed E-state index contributed by atoms with van der Waals surface area (Å²) in [6.45, 7) is 0. The molecule has 0 N–H and O–H groups in total. The van der Waals surface area contributed by atoms with Gasteiger partial charge in [-0.3, -0.25) is 0 Å². The van der Waals surface area contributed by atoms with Gasteiger partial charge < -0.3 is 4.42 Å². The van der Waals surface area contributed by atoms with Gasteiger partial charge in [-0.2, -0.15) is 0 Å². The van der Waals surface area contributed by atoms with Crippen molar-refractivity contribution in [3.05, 3.63) is 132 Å². The van der Waals surface area contributed by atoms with Crippen molar-refractivity contribution in [1.29, 1.82) is 0 Å². The second kappa shape index (κ2) is 10.1. The van der Waals surface area contributed by atoms with Crippen LogP contribution in [0.5, 0.6) is 0 Å². The van der Waals surface area contributed by atoms with Crippen LogP contribution in [0.4, 0.5) is 0 Å². The third-order valence-electron chi connectivity index (χ3n) is 6.02. The van der Waals surface area contributed by atoms with Gasteiger partial charge in [0.1, 0.15) is 11.2 Å². The Balaban J connectivity index is 1.41. The molecule has 0 aliphatic heterocycles. The molecule has 0 saturated carbocycles. The first-order valence-corrected chi connectivity index (χ1v) is 13.6. The molecule has 6 rings (SSSR count). The molecule has 3 heteroatoms. The Bertz CT molecular complexity index is 1590. The average molecular weight is 488 g/mol. The zero-order valence-electron chi connectivity index (χ0n) is 19.1. The van der Waals surface area contributed by atoms with E-state index in [-0.39, 0.29) is 0 Å². The molecule has 1 nitrogen and oxygen atoms in total. The molecule has 0 spiro atoms. The normalized spacial score (nSPS) is 11.3. The zero-order valence-corrected chi connectivity index (χ0v) is 20.7. The topological polar surface area (TPSA) is 13.1 Å². The summed E-state index contributed by atoms with van der Waals surface area (Å²) in [5, 5.41) is 2.15. The van der Waals surface area contributed by atoms with Gasteiger partial charge in [0.15, 0.2) is 0 Å². The van der Waals surface area contributed by atoms with Crippen LogP contribution < -0.4 is 0 Å². The van der Waals surface area contributed by atoms with Crippen LogP contribution in [-0.2, 0) is 11.5 Å². The van der Waals surface area contributed by atoms with Crippen LogP contribution in [0, 0.1) is 6.07 Å². The predicted octanol–water partition coefficient (Wildman–Crippen LogP) is 9.64. The van der Waals surface area contributed by atoms with E-state index in [0.29, 0.717) is 0 Å². The molecule has 0 unspecified atom stereocenters. The lowest BCUT2D eigenvalue weighted by molar-refractivity contribution is 0.669. The molecule has 169 valence electrons. The third-order valence-corrected chi connectivity index (χ3v) is 8.48. The van der Waals surface area contributed by atoms with Crippen molar-refractivity contribution in [2.45, 2.75) is 21.3 Å². The summed E-state index contributed by atoms with van der Waals surface area (Å²) in [5.74, 6) is 1.87. The maximum Gasteiger partial charge on any atom is 0.136 e. The summed E-state index contributed by atoms with van der Waals surface area (Å²) in [5.41, 5.74) is 6.76. The molecule has 0 amide bonds. The van der Waals surface area contributed by atoms with E-state index in [2.05, 4.69) is 109 Å². The minimum Gasteiger partial charge on any atom is -0.456 e. The summed E-state index contributed by atoms with van der Waals surface area (Å²) in [4.78, 5) is 2.61. The van der Waals surface area contributed by atoms with E-state index in [4.69, 9.17) is 4.42 Å².